The summed E-state index contributed by atoms with van der Waals surface area (Å²) in [6.07, 6.45) is 5.61. The maximum Gasteiger partial charge on any atom is 0.183 e. The van der Waals surface area contributed by atoms with Crippen LogP contribution in [-0.4, -0.2) is 46.3 Å². The summed E-state index contributed by atoms with van der Waals surface area (Å²) in [5, 5.41) is 17.9. The largest absolute Gasteiger partial charge is 0.394 e. The van der Waals surface area contributed by atoms with Crippen molar-refractivity contribution >= 4 is 34.1 Å². The fraction of sp³-hybridized carbons (Fsp3) is 0.542. The van der Waals surface area contributed by atoms with Gasteiger partial charge in [-0.15, -0.1) is 0 Å². The van der Waals surface area contributed by atoms with Gasteiger partial charge >= 0.3 is 0 Å². The Morgan fingerprint density at radius 1 is 1.31 bits per heavy atom. The lowest BCUT2D eigenvalue weighted by Gasteiger charge is -2.28. The van der Waals surface area contributed by atoms with E-state index in [1.54, 1.807) is 23.3 Å². The van der Waals surface area contributed by atoms with Crippen LogP contribution in [0.1, 0.15) is 49.2 Å². The van der Waals surface area contributed by atoms with E-state index >= 15 is 0 Å². The molecule has 0 radical (unpaired) electrons. The molecular formula is C24H34N4O2S2. The van der Waals surface area contributed by atoms with Gasteiger partial charge in [0.05, 0.1) is 29.8 Å². The van der Waals surface area contributed by atoms with E-state index in [1.807, 2.05) is 0 Å². The summed E-state index contributed by atoms with van der Waals surface area (Å²) in [5.74, 6) is 1.42. The topological polar surface area (TPSA) is 69.7 Å². The van der Waals surface area contributed by atoms with Crippen molar-refractivity contribution in [3.05, 3.63) is 52.7 Å². The Labute approximate surface area is 199 Å². The molecule has 0 saturated carbocycles. The third-order valence-electron chi connectivity index (χ3n) is 5.61. The number of nitrogens with one attached hydrogen (secondary N) is 2. The number of aromatic nitrogens is 1. The van der Waals surface area contributed by atoms with Gasteiger partial charge in [-0.1, -0.05) is 55.5 Å². The lowest BCUT2D eigenvalue weighted by molar-refractivity contribution is 0.120. The maximum absolute atomic E-state index is 9.93. The van der Waals surface area contributed by atoms with E-state index in [9.17, 15) is 5.11 Å². The van der Waals surface area contributed by atoms with Crippen molar-refractivity contribution in [1.29, 1.82) is 0 Å². The number of nitrogens with zero attached hydrogens (tertiary/aromatic N) is 2. The summed E-state index contributed by atoms with van der Waals surface area (Å²) >= 11 is 3.52. The van der Waals surface area contributed by atoms with Gasteiger partial charge in [0.1, 0.15) is 5.69 Å². The smallest absolute Gasteiger partial charge is 0.183 e. The van der Waals surface area contributed by atoms with Crippen molar-refractivity contribution in [3.63, 3.8) is 0 Å². The van der Waals surface area contributed by atoms with Crippen molar-refractivity contribution in [3.8, 4) is 0 Å². The first kappa shape index (κ1) is 23.4. The van der Waals surface area contributed by atoms with E-state index in [2.05, 4.69) is 65.3 Å². The van der Waals surface area contributed by atoms with Crippen LogP contribution in [0, 0.1) is 5.92 Å². The zero-order chi connectivity index (χ0) is 22.3. The number of fused-ring (bicyclic) bond motifs is 1. The molecule has 8 heteroatoms. The van der Waals surface area contributed by atoms with Crippen LogP contribution in [0.25, 0.3) is 5.70 Å². The Morgan fingerprint density at radius 3 is 2.88 bits per heavy atom. The molecule has 2 unspecified atom stereocenters. The molecule has 0 bridgehead atoms. The number of benzene rings is 1. The third-order valence-corrected chi connectivity index (χ3v) is 7.63. The molecule has 0 amide bonds. The van der Waals surface area contributed by atoms with Gasteiger partial charge in [-0.05, 0) is 42.7 Å². The summed E-state index contributed by atoms with van der Waals surface area (Å²) in [7, 11) is 0. The fourth-order valence-electron chi connectivity index (χ4n) is 4.03. The maximum atomic E-state index is 9.93. The van der Waals surface area contributed by atoms with Crippen LogP contribution in [-0.2, 0) is 17.0 Å². The van der Waals surface area contributed by atoms with E-state index in [4.69, 9.17) is 9.72 Å². The number of hydrogen-bond acceptors (Lipinski definition) is 8. The number of aliphatic hydroxyl groups is 1. The lowest BCUT2D eigenvalue weighted by Crippen LogP contribution is -2.34. The van der Waals surface area contributed by atoms with E-state index in [0.717, 1.165) is 61.2 Å². The molecule has 1 aromatic carbocycles. The highest BCUT2D eigenvalue weighted by Crippen LogP contribution is 2.36. The zero-order valence-electron chi connectivity index (χ0n) is 18.9. The third kappa shape index (κ3) is 6.41. The average Bonchev–Trinajstić information content (AvgIpc) is 3.46. The highest BCUT2D eigenvalue weighted by molar-refractivity contribution is 7.96. The van der Waals surface area contributed by atoms with Crippen molar-refractivity contribution in [1.82, 2.24) is 14.6 Å². The summed E-state index contributed by atoms with van der Waals surface area (Å²) < 4.78 is 8.03. The summed E-state index contributed by atoms with van der Waals surface area (Å²) in [6.45, 7) is 6.97. The Balaban J connectivity index is 1.48. The molecule has 174 valence electrons. The molecule has 4 rings (SSSR count). The number of hydrogen-bond donors (Lipinski definition) is 3. The predicted octanol–water partition coefficient (Wildman–Crippen LogP) is 4.69. The standard InChI is InChI=1S/C24H34N4O2S2/c1-17(2)11-19(15-29)26-21-13-28(31-16-18-7-4-3-5-8-18)14-22-23(21)27-24(32-22)25-12-20-9-6-10-30-20/h3-5,7-8,13,17,19-20,26,29H,6,9-12,14-16H2,1-2H3,(H,25,27). The number of thiazole rings is 1. The summed E-state index contributed by atoms with van der Waals surface area (Å²) in [6, 6.07) is 10.6. The number of rotatable bonds is 11. The molecule has 1 saturated heterocycles. The number of ether oxygens (including phenoxy) is 1. The second kappa shape index (κ2) is 11.4. The van der Waals surface area contributed by atoms with Crippen molar-refractivity contribution in [2.75, 3.05) is 25.1 Å². The quantitative estimate of drug-likeness (QED) is 0.408. The van der Waals surface area contributed by atoms with Crippen LogP contribution in [0.5, 0.6) is 0 Å². The molecule has 0 aliphatic carbocycles. The molecular weight excluding hydrogens is 440 g/mol. The van der Waals surface area contributed by atoms with E-state index in [0.29, 0.717) is 5.92 Å². The number of aliphatic hydroxyl groups excluding tert-OH is 1. The van der Waals surface area contributed by atoms with Gasteiger partial charge in [0.25, 0.3) is 0 Å². The average molecular weight is 475 g/mol. The molecule has 1 fully saturated rings. The van der Waals surface area contributed by atoms with Crippen LogP contribution in [0.2, 0.25) is 0 Å². The minimum absolute atomic E-state index is 0.0122. The Morgan fingerprint density at radius 2 is 2.16 bits per heavy atom. The van der Waals surface area contributed by atoms with Crippen LogP contribution >= 0.6 is 23.3 Å². The Kier molecular flexibility index (Phi) is 8.35. The van der Waals surface area contributed by atoms with Crippen LogP contribution in [0.15, 0.2) is 36.5 Å². The predicted molar refractivity (Wildman–Crippen MR) is 134 cm³/mol. The van der Waals surface area contributed by atoms with Crippen LogP contribution in [0.4, 0.5) is 5.13 Å². The van der Waals surface area contributed by atoms with Crippen molar-refractivity contribution in [2.45, 2.75) is 57.6 Å². The zero-order valence-corrected chi connectivity index (χ0v) is 20.6. The minimum atomic E-state index is 0.0122. The molecule has 2 aliphatic heterocycles. The van der Waals surface area contributed by atoms with Crippen LogP contribution in [0.3, 0.4) is 0 Å². The highest BCUT2D eigenvalue weighted by atomic mass is 32.2. The summed E-state index contributed by atoms with van der Waals surface area (Å²) in [4.78, 5) is 6.16. The molecule has 1 aromatic heterocycles. The molecule has 3 N–H and O–H groups in total. The SMILES string of the molecule is CC(C)CC(CO)NC1=CN(SCc2ccccc2)Cc2sc(NCC3CCCO3)nc21. The van der Waals surface area contributed by atoms with Gasteiger partial charge in [-0.25, -0.2) is 4.98 Å². The van der Waals surface area contributed by atoms with Gasteiger partial charge in [-0.3, -0.25) is 0 Å². The molecule has 3 heterocycles. The molecule has 0 spiro atoms. The molecule has 6 nitrogen and oxygen atoms in total. The normalized spacial score (nSPS) is 19.1. The molecule has 32 heavy (non-hydrogen) atoms. The second-order valence-electron chi connectivity index (χ2n) is 8.84. The fourth-order valence-corrected chi connectivity index (χ4v) is 6.00. The van der Waals surface area contributed by atoms with Gasteiger partial charge in [0, 0.05) is 31.1 Å². The molecule has 2 aromatic rings. The minimum Gasteiger partial charge on any atom is -0.394 e. The summed E-state index contributed by atoms with van der Waals surface area (Å²) in [5.41, 5.74) is 3.30. The second-order valence-corrected chi connectivity index (χ2v) is 10.9. The van der Waals surface area contributed by atoms with Crippen LogP contribution < -0.4 is 10.6 Å². The van der Waals surface area contributed by atoms with E-state index in [1.165, 1.54) is 10.4 Å². The monoisotopic (exact) mass is 474 g/mol. The van der Waals surface area contributed by atoms with Crippen molar-refractivity contribution in [2.24, 2.45) is 5.92 Å². The first-order chi connectivity index (χ1) is 15.6. The molecule has 2 aliphatic rings. The number of anilines is 1. The van der Waals surface area contributed by atoms with E-state index < -0.39 is 0 Å². The van der Waals surface area contributed by atoms with E-state index in [-0.39, 0.29) is 18.8 Å². The van der Waals surface area contributed by atoms with Gasteiger partial charge < -0.3 is 24.8 Å². The van der Waals surface area contributed by atoms with Gasteiger partial charge in [0.2, 0.25) is 0 Å². The van der Waals surface area contributed by atoms with Crippen molar-refractivity contribution < 1.29 is 9.84 Å². The Bertz CT molecular complexity index is 881. The lowest BCUT2D eigenvalue weighted by atomic mass is 10.0. The Hall–Kier alpha value is -1.74. The first-order valence-electron chi connectivity index (χ1n) is 11.5. The highest BCUT2D eigenvalue weighted by Gasteiger charge is 2.25. The van der Waals surface area contributed by atoms with Gasteiger partial charge in [-0.2, -0.15) is 0 Å². The van der Waals surface area contributed by atoms with Gasteiger partial charge in [0.15, 0.2) is 5.13 Å². The first-order valence-corrected chi connectivity index (χ1v) is 13.2. The molecule has 2 atom stereocenters.